The number of carbonyl (C=O) groups is 2. The molecule has 0 saturated heterocycles. The molecule has 0 aliphatic heterocycles. The van der Waals surface area contributed by atoms with Crippen molar-refractivity contribution in [3.8, 4) is 5.75 Å². The number of amides is 1. The van der Waals surface area contributed by atoms with Gasteiger partial charge < -0.3 is 14.8 Å². The van der Waals surface area contributed by atoms with Gasteiger partial charge >= 0.3 is 12.6 Å². The van der Waals surface area contributed by atoms with Gasteiger partial charge in [-0.2, -0.15) is 8.78 Å². The lowest BCUT2D eigenvalue weighted by atomic mass is 10.0. The van der Waals surface area contributed by atoms with Crippen molar-refractivity contribution in [1.82, 2.24) is 5.32 Å². The fraction of sp³-hybridized carbons (Fsp3) is 0.238. The van der Waals surface area contributed by atoms with Crippen LogP contribution in [-0.4, -0.2) is 31.6 Å². The predicted octanol–water partition coefficient (Wildman–Crippen LogP) is 3.76. The van der Waals surface area contributed by atoms with Gasteiger partial charge in [0, 0.05) is 12.6 Å². The number of carbonyl (C=O) groups excluding carboxylic acids is 2. The molecule has 5 nitrogen and oxygen atoms in total. The average Bonchev–Trinajstić information content (AvgIpc) is 2.70. The summed E-state index contributed by atoms with van der Waals surface area (Å²) in [4.78, 5) is 23.5. The zero-order valence-electron chi connectivity index (χ0n) is 15.3. The van der Waals surface area contributed by atoms with E-state index >= 15 is 0 Å². The number of hydrogen-bond acceptors (Lipinski definition) is 4. The first-order valence-corrected chi connectivity index (χ1v) is 8.65. The molecule has 2 aromatic rings. The second kappa shape index (κ2) is 10.8. The normalized spacial score (nSPS) is 12.0. The first-order valence-electron chi connectivity index (χ1n) is 8.65. The first-order chi connectivity index (χ1) is 13.4. The fourth-order valence-electron chi connectivity index (χ4n) is 2.33. The largest absolute Gasteiger partial charge is 0.452 e. The Morgan fingerprint density at radius 1 is 1.07 bits per heavy atom. The van der Waals surface area contributed by atoms with Crippen LogP contribution >= 0.6 is 0 Å². The third-order valence-electron chi connectivity index (χ3n) is 3.84. The maximum Gasteiger partial charge on any atom is 0.387 e. The molecule has 0 aliphatic carbocycles. The Balaban J connectivity index is 1.71. The summed E-state index contributed by atoms with van der Waals surface area (Å²) >= 11 is 0. The van der Waals surface area contributed by atoms with Crippen LogP contribution in [0.15, 0.2) is 60.7 Å². The summed E-state index contributed by atoms with van der Waals surface area (Å²) in [6.07, 6.45) is 2.60. The van der Waals surface area contributed by atoms with E-state index in [0.29, 0.717) is 12.1 Å². The van der Waals surface area contributed by atoms with Crippen LogP contribution in [0, 0.1) is 0 Å². The zero-order valence-corrected chi connectivity index (χ0v) is 15.3. The van der Waals surface area contributed by atoms with Gasteiger partial charge in [-0.1, -0.05) is 49.4 Å². The van der Waals surface area contributed by atoms with Crippen molar-refractivity contribution in [2.24, 2.45) is 0 Å². The minimum Gasteiger partial charge on any atom is -0.452 e. The van der Waals surface area contributed by atoms with Crippen LogP contribution in [0.4, 0.5) is 8.78 Å². The van der Waals surface area contributed by atoms with Crippen molar-refractivity contribution < 1.29 is 27.8 Å². The number of benzene rings is 2. The minimum absolute atomic E-state index is 0.0242. The highest BCUT2D eigenvalue weighted by Crippen LogP contribution is 2.15. The van der Waals surface area contributed by atoms with Gasteiger partial charge in [0.15, 0.2) is 6.61 Å². The van der Waals surface area contributed by atoms with Gasteiger partial charge in [-0.25, -0.2) is 4.79 Å². The molecule has 1 N–H and O–H groups in total. The summed E-state index contributed by atoms with van der Waals surface area (Å²) in [5.74, 6) is -0.911. The van der Waals surface area contributed by atoms with E-state index in [4.69, 9.17) is 4.74 Å². The van der Waals surface area contributed by atoms with Gasteiger partial charge in [-0.3, -0.25) is 4.79 Å². The lowest BCUT2D eigenvalue weighted by Gasteiger charge is -2.12. The van der Waals surface area contributed by atoms with Gasteiger partial charge in [0.25, 0.3) is 5.91 Å². The second-order valence-corrected chi connectivity index (χ2v) is 6.00. The van der Waals surface area contributed by atoms with E-state index in [1.165, 1.54) is 30.3 Å². The van der Waals surface area contributed by atoms with E-state index in [0.717, 1.165) is 11.6 Å². The van der Waals surface area contributed by atoms with Crippen molar-refractivity contribution in [2.45, 2.75) is 19.5 Å². The molecule has 0 heterocycles. The van der Waals surface area contributed by atoms with Crippen LogP contribution in [-0.2, 0) is 14.3 Å². The number of nitrogens with one attached hydrogen (secondary N) is 1. The molecule has 2 rings (SSSR count). The van der Waals surface area contributed by atoms with Gasteiger partial charge in [0.1, 0.15) is 5.75 Å². The van der Waals surface area contributed by atoms with E-state index in [1.54, 1.807) is 0 Å². The third-order valence-corrected chi connectivity index (χ3v) is 3.84. The van der Waals surface area contributed by atoms with E-state index in [9.17, 15) is 18.4 Å². The van der Waals surface area contributed by atoms with Crippen molar-refractivity contribution >= 4 is 18.0 Å². The van der Waals surface area contributed by atoms with Gasteiger partial charge in [0.05, 0.1) is 0 Å². The zero-order chi connectivity index (χ0) is 20.4. The second-order valence-electron chi connectivity index (χ2n) is 6.00. The highest BCUT2D eigenvalue weighted by Gasteiger charge is 2.09. The molecule has 0 aromatic heterocycles. The molecule has 0 aliphatic rings. The van der Waals surface area contributed by atoms with Crippen LogP contribution in [0.3, 0.4) is 0 Å². The van der Waals surface area contributed by atoms with E-state index in [2.05, 4.69) is 10.1 Å². The van der Waals surface area contributed by atoms with Crippen molar-refractivity contribution in [1.29, 1.82) is 0 Å². The number of hydrogen-bond donors (Lipinski definition) is 1. The average molecular weight is 389 g/mol. The standard InChI is InChI=1S/C21H21F2NO4/c1-15(17-5-3-2-4-6-17)13-24-19(25)14-27-20(26)12-9-16-7-10-18(11-8-16)28-21(22)23/h2-12,15,21H,13-14H2,1H3,(H,24,25)/b12-9+/t15-/m0/s1. The Morgan fingerprint density at radius 2 is 1.75 bits per heavy atom. The van der Waals surface area contributed by atoms with E-state index in [1.807, 2.05) is 37.3 Å². The summed E-state index contributed by atoms with van der Waals surface area (Å²) in [6, 6.07) is 15.5. The summed E-state index contributed by atoms with van der Waals surface area (Å²) < 4.78 is 33.3. The van der Waals surface area contributed by atoms with Crippen molar-refractivity contribution in [3.63, 3.8) is 0 Å². The van der Waals surface area contributed by atoms with Crippen LogP contribution in [0.5, 0.6) is 5.75 Å². The fourth-order valence-corrected chi connectivity index (χ4v) is 2.33. The number of halogens is 2. The molecule has 0 bridgehead atoms. The molecule has 28 heavy (non-hydrogen) atoms. The number of rotatable bonds is 9. The minimum atomic E-state index is -2.89. The topological polar surface area (TPSA) is 64.6 Å². The van der Waals surface area contributed by atoms with Gasteiger partial charge in [-0.15, -0.1) is 0 Å². The van der Waals surface area contributed by atoms with Crippen LogP contribution in [0.1, 0.15) is 24.0 Å². The molecule has 148 valence electrons. The summed E-state index contributed by atoms with van der Waals surface area (Å²) in [7, 11) is 0. The van der Waals surface area contributed by atoms with Gasteiger partial charge in [0.2, 0.25) is 0 Å². The number of ether oxygens (including phenoxy) is 2. The van der Waals surface area contributed by atoms with Crippen molar-refractivity contribution in [2.75, 3.05) is 13.2 Å². The highest BCUT2D eigenvalue weighted by molar-refractivity contribution is 5.89. The summed E-state index contributed by atoms with van der Waals surface area (Å²) in [5.41, 5.74) is 1.70. The summed E-state index contributed by atoms with van der Waals surface area (Å²) in [5, 5.41) is 2.72. The number of alkyl halides is 2. The quantitative estimate of drug-likeness (QED) is 0.524. The maximum atomic E-state index is 12.1. The molecular weight excluding hydrogens is 368 g/mol. The SMILES string of the molecule is C[C@@H](CNC(=O)COC(=O)/C=C/c1ccc(OC(F)F)cc1)c1ccccc1. The van der Waals surface area contributed by atoms with Crippen LogP contribution < -0.4 is 10.1 Å². The molecule has 0 fully saturated rings. The van der Waals surface area contributed by atoms with E-state index in [-0.39, 0.29) is 18.3 Å². The Morgan fingerprint density at radius 3 is 2.39 bits per heavy atom. The maximum absolute atomic E-state index is 12.1. The monoisotopic (exact) mass is 389 g/mol. The smallest absolute Gasteiger partial charge is 0.387 e. The lowest BCUT2D eigenvalue weighted by Crippen LogP contribution is -2.31. The Labute approximate surface area is 162 Å². The molecule has 1 atom stereocenters. The molecule has 0 radical (unpaired) electrons. The van der Waals surface area contributed by atoms with Crippen LogP contribution in [0.25, 0.3) is 6.08 Å². The molecule has 0 saturated carbocycles. The van der Waals surface area contributed by atoms with Crippen LogP contribution in [0.2, 0.25) is 0 Å². The Hall–Kier alpha value is -3.22. The Kier molecular flexibility index (Phi) is 8.14. The van der Waals surface area contributed by atoms with Crippen molar-refractivity contribution in [3.05, 3.63) is 71.8 Å². The first kappa shape index (κ1) is 21.1. The Bertz CT molecular complexity index is 792. The number of esters is 1. The van der Waals surface area contributed by atoms with E-state index < -0.39 is 18.5 Å². The third kappa shape index (κ3) is 7.57. The molecule has 7 heteroatoms. The highest BCUT2D eigenvalue weighted by atomic mass is 19.3. The lowest BCUT2D eigenvalue weighted by molar-refractivity contribution is -0.143. The molecule has 0 spiro atoms. The van der Waals surface area contributed by atoms with Gasteiger partial charge in [-0.05, 0) is 35.3 Å². The molecule has 1 amide bonds. The molecule has 2 aromatic carbocycles. The molecular formula is C21H21F2NO4. The molecule has 0 unspecified atom stereocenters. The summed E-state index contributed by atoms with van der Waals surface area (Å²) in [6.45, 7) is -0.852. The predicted molar refractivity (Wildman–Crippen MR) is 101 cm³/mol.